The van der Waals surface area contributed by atoms with Gasteiger partial charge in [0.15, 0.2) is 0 Å². The van der Waals surface area contributed by atoms with Crippen molar-refractivity contribution in [1.82, 2.24) is 9.47 Å². The number of likely N-dealkylation sites (N-methyl/N-ethyl adjacent to an activating group) is 1. The number of thiocarbonyl (C=S) groups is 1. The number of nitrogens with zero attached hydrogens (tertiary/aromatic N) is 2. The number of para-hydroxylation sites is 2. The Kier molecular flexibility index (Phi) is 5.74. The average Bonchev–Trinajstić information content (AvgIpc) is 3.20. The number of ether oxygens (including phenoxy) is 1. The maximum atomic E-state index is 12.6. The van der Waals surface area contributed by atoms with Crippen molar-refractivity contribution >= 4 is 51.2 Å². The third-order valence-electron chi connectivity index (χ3n) is 4.98. The highest BCUT2D eigenvalue weighted by Gasteiger charge is 2.30. The second kappa shape index (κ2) is 8.43. The highest BCUT2D eigenvalue weighted by Crippen LogP contribution is 2.34. The van der Waals surface area contributed by atoms with Crippen LogP contribution in [0.3, 0.4) is 0 Å². The Morgan fingerprint density at radius 1 is 1.14 bits per heavy atom. The minimum Gasteiger partial charge on any atom is -0.491 e. The van der Waals surface area contributed by atoms with E-state index < -0.39 is 0 Å². The topological polar surface area (TPSA) is 34.5 Å². The standard InChI is InChI=1S/C23H22N2O2S2/c1-3-25-22(26)21(29-23(25)28)14-17-15-24(19-10-6-5-9-18(17)19)12-13-27-20-11-7-4-8-16(20)2/h4-11,14-15H,3,12-13H2,1-2H3. The van der Waals surface area contributed by atoms with E-state index >= 15 is 0 Å². The molecule has 148 valence electrons. The molecule has 1 aliphatic rings. The number of carbonyl (C=O) groups excluding carboxylic acids is 1. The average molecular weight is 423 g/mol. The highest BCUT2D eigenvalue weighted by atomic mass is 32.2. The van der Waals surface area contributed by atoms with Crippen molar-refractivity contribution in [2.45, 2.75) is 20.4 Å². The van der Waals surface area contributed by atoms with E-state index in [2.05, 4.69) is 22.9 Å². The Labute approximate surface area is 180 Å². The molecule has 0 bridgehead atoms. The van der Waals surface area contributed by atoms with E-state index in [1.165, 1.54) is 11.8 Å². The number of fused-ring (bicyclic) bond motifs is 1. The summed E-state index contributed by atoms with van der Waals surface area (Å²) >= 11 is 6.70. The second-order valence-electron chi connectivity index (χ2n) is 6.83. The van der Waals surface area contributed by atoms with E-state index in [0.29, 0.717) is 22.4 Å². The third kappa shape index (κ3) is 3.95. The number of hydrogen-bond acceptors (Lipinski definition) is 4. The summed E-state index contributed by atoms with van der Waals surface area (Å²) in [4.78, 5) is 14.9. The van der Waals surface area contributed by atoms with E-state index in [1.54, 1.807) is 4.90 Å². The van der Waals surface area contributed by atoms with Gasteiger partial charge in [0, 0.05) is 29.2 Å². The first-order chi connectivity index (χ1) is 14.1. The zero-order valence-electron chi connectivity index (χ0n) is 16.4. The molecule has 1 amide bonds. The Bertz CT molecular complexity index is 1120. The number of aryl methyl sites for hydroxylation is 1. The molecule has 3 aromatic rings. The summed E-state index contributed by atoms with van der Waals surface area (Å²) < 4.78 is 8.78. The lowest BCUT2D eigenvalue weighted by Crippen LogP contribution is -2.27. The van der Waals surface area contributed by atoms with Gasteiger partial charge in [0.05, 0.1) is 11.4 Å². The molecule has 0 spiro atoms. The summed E-state index contributed by atoms with van der Waals surface area (Å²) in [7, 11) is 0. The number of carbonyl (C=O) groups is 1. The Hall–Kier alpha value is -2.57. The molecule has 0 aliphatic carbocycles. The van der Waals surface area contributed by atoms with E-state index in [1.807, 2.05) is 56.3 Å². The number of benzene rings is 2. The molecular weight excluding hydrogens is 400 g/mol. The molecular formula is C23H22N2O2S2. The number of rotatable bonds is 6. The fraction of sp³-hybridized carbons (Fsp3) is 0.217. The molecule has 0 atom stereocenters. The molecule has 1 aromatic heterocycles. The third-order valence-corrected chi connectivity index (χ3v) is 6.36. The predicted octanol–water partition coefficient (Wildman–Crippen LogP) is 5.25. The van der Waals surface area contributed by atoms with Crippen molar-refractivity contribution in [3.63, 3.8) is 0 Å². The Morgan fingerprint density at radius 3 is 2.66 bits per heavy atom. The molecule has 29 heavy (non-hydrogen) atoms. The molecule has 0 unspecified atom stereocenters. The molecule has 1 fully saturated rings. The SMILES string of the molecule is CCN1C(=O)C(=Cc2cn(CCOc3ccccc3C)c3ccccc23)SC1=S. The summed E-state index contributed by atoms with van der Waals surface area (Å²) in [5.41, 5.74) is 3.27. The van der Waals surface area contributed by atoms with Crippen molar-refractivity contribution in [3.8, 4) is 5.75 Å². The first kappa shape index (κ1) is 19.7. The van der Waals surface area contributed by atoms with Gasteiger partial charge in [0.25, 0.3) is 5.91 Å². The number of aromatic nitrogens is 1. The van der Waals surface area contributed by atoms with Gasteiger partial charge in [0.2, 0.25) is 0 Å². The van der Waals surface area contributed by atoms with Crippen molar-refractivity contribution in [2.75, 3.05) is 13.2 Å². The monoisotopic (exact) mass is 422 g/mol. The summed E-state index contributed by atoms with van der Waals surface area (Å²) in [5, 5.41) is 1.12. The lowest BCUT2D eigenvalue weighted by Gasteiger charge is -2.10. The van der Waals surface area contributed by atoms with Gasteiger partial charge in [-0.3, -0.25) is 9.69 Å². The molecule has 2 heterocycles. The molecule has 1 saturated heterocycles. The van der Waals surface area contributed by atoms with Gasteiger partial charge in [-0.1, -0.05) is 60.4 Å². The van der Waals surface area contributed by atoms with Gasteiger partial charge in [0.1, 0.15) is 16.7 Å². The van der Waals surface area contributed by atoms with E-state index in [0.717, 1.165) is 34.3 Å². The van der Waals surface area contributed by atoms with Crippen LogP contribution in [0.1, 0.15) is 18.1 Å². The van der Waals surface area contributed by atoms with Crippen LogP contribution in [0.15, 0.2) is 59.6 Å². The van der Waals surface area contributed by atoms with Crippen LogP contribution in [0.2, 0.25) is 0 Å². The van der Waals surface area contributed by atoms with Crippen LogP contribution >= 0.6 is 24.0 Å². The van der Waals surface area contributed by atoms with Crippen LogP contribution < -0.4 is 4.74 Å². The minimum absolute atomic E-state index is 0.0118. The first-order valence-corrected chi connectivity index (χ1v) is 10.8. The number of thioether (sulfide) groups is 1. The van der Waals surface area contributed by atoms with Gasteiger partial charge in [-0.05, 0) is 37.6 Å². The van der Waals surface area contributed by atoms with Gasteiger partial charge < -0.3 is 9.30 Å². The predicted molar refractivity (Wildman–Crippen MR) is 124 cm³/mol. The quantitative estimate of drug-likeness (QED) is 0.401. The fourth-order valence-electron chi connectivity index (χ4n) is 3.46. The van der Waals surface area contributed by atoms with Crippen LogP contribution in [-0.2, 0) is 11.3 Å². The van der Waals surface area contributed by atoms with Gasteiger partial charge >= 0.3 is 0 Å². The van der Waals surface area contributed by atoms with Gasteiger partial charge in [-0.2, -0.15) is 0 Å². The molecule has 2 aromatic carbocycles. The van der Waals surface area contributed by atoms with Crippen molar-refractivity contribution < 1.29 is 9.53 Å². The molecule has 6 heteroatoms. The van der Waals surface area contributed by atoms with E-state index in [9.17, 15) is 4.79 Å². The summed E-state index contributed by atoms with van der Waals surface area (Å²) in [6.07, 6.45) is 4.04. The first-order valence-electron chi connectivity index (χ1n) is 9.60. The van der Waals surface area contributed by atoms with Crippen LogP contribution in [0.25, 0.3) is 17.0 Å². The lowest BCUT2D eigenvalue weighted by atomic mass is 10.1. The van der Waals surface area contributed by atoms with Crippen LogP contribution in [0, 0.1) is 6.92 Å². The largest absolute Gasteiger partial charge is 0.491 e. The smallest absolute Gasteiger partial charge is 0.266 e. The lowest BCUT2D eigenvalue weighted by molar-refractivity contribution is -0.121. The second-order valence-corrected chi connectivity index (χ2v) is 8.51. The van der Waals surface area contributed by atoms with Gasteiger partial charge in [-0.15, -0.1) is 0 Å². The number of hydrogen-bond donors (Lipinski definition) is 0. The Morgan fingerprint density at radius 2 is 1.90 bits per heavy atom. The minimum atomic E-state index is -0.0118. The molecule has 4 rings (SSSR count). The van der Waals surface area contributed by atoms with Crippen LogP contribution in [-0.4, -0.2) is 32.8 Å². The molecule has 0 radical (unpaired) electrons. The number of amides is 1. The maximum Gasteiger partial charge on any atom is 0.266 e. The van der Waals surface area contributed by atoms with Crippen LogP contribution in [0.4, 0.5) is 0 Å². The van der Waals surface area contributed by atoms with Crippen molar-refractivity contribution in [3.05, 3.63) is 70.8 Å². The normalized spacial score (nSPS) is 15.7. The van der Waals surface area contributed by atoms with Crippen molar-refractivity contribution in [1.29, 1.82) is 0 Å². The summed E-state index contributed by atoms with van der Waals surface area (Å²) in [6.45, 7) is 5.87. The van der Waals surface area contributed by atoms with Crippen molar-refractivity contribution in [2.24, 2.45) is 0 Å². The van der Waals surface area contributed by atoms with Crippen LogP contribution in [0.5, 0.6) is 5.75 Å². The van der Waals surface area contributed by atoms with E-state index in [4.69, 9.17) is 17.0 Å². The molecule has 4 nitrogen and oxygen atoms in total. The zero-order valence-corrected chi connectivity index (χ0v) is 18.1. The maximum absolute atomic E-state index is 12.6. The molecule has 0 N–H and O–H groups in total. The summed E-state index contributed by atoms with van der Waals surface area (Å²) in [6, 6.07) is 16.3. The molecule has 1 aliphatic heterocycles. The van der Waals surface area contributed by atoms with E-state index in [-0.39, 0.29) is 5.91 Å². The molecule has 0 saturated carbocycles. The Balaban J connectivity index is 1.59. The summed E-state index contributed by atoms with van der Waals surface area (Å²) in [5.74, 6) is 0.898. The highest BCUT2D eigenvalue weighted by molar-refractivity contribution is 8.26. The zero-order chi connectivity index (χ0) is 20.4. The fourth-order valence-corrected chi connectivity index (χ4v) is 4.84. The van der Waals surface area contributed by atoms with Gasteiger partial charge in [-0.25, -0.2) is 0 Å².